The molecule has 0 saturated carbocycles. The van der Waals surface area contributed by atoms with Crippen LogP contribution in [0.1, 0.15) is 18.4 Å². The quantitative estimate of drug-likeness (QED) is 0.261. The van der Waals surface area contributed by atoms with Crippen LogP contribution < -0.4 is 11.1 Å². The molecule has 0 aromatic heterocycles. The van der Waals surface area contributed by atoms with Crippen molar-refractivity contribution < 1.29 is 27.6 Å². The molecule has 5 nitrogen and oxygen atoms in total. The molecule has 4 N–H and O–H groups in total. The number of amides is 1. The summed E-state index contributed by atoms with van der Waals surface area (Å²) in [6.07, 6.45) is -6.54. The largest absolute Gasteiger partial charge is 0.409 e. The monoisotopic (exact) mass is 293 g/mol. The highest BCUT2D eigenvalue weighted by molar-refractivity contribution is 5.98. The van der Waals surface area contributed by atoms with Gasteiger partial charge in [-0.05, 0) is 18.2 Å². The van der Waals surface area contributed by atoms with E-state index in [9.17, 15) is 22.4 Å². The molecule has 110 valence electrons. The molecule has 0 heterocycles. The van der Waals surface area contributed by atoms with Crippen LogP contribution in [0.5, 0.6) is 0 Å². The lowest BCUT2D eigenvalue weighted by molar-refractivity contribution is -0.142. The summed E-state index contributed by atoms with van der Waals surface area (Å²) < 4.78 is 49.3. The second-order valence-electron chi connectivity index (χ2n) is 3.84. The van der Waals surface area contributed by atoms with Gasteiger partial charge in [0.2, 0.25) is 5.91 Å². The van der Waals surface area contributed by atoms with Crippen LogP contribution in [-0.4, -0.2) is 23.1 Å². The predicted molar refractivity (Wildman–Crippen MR) is 62.8 cm³/mol. The molecule has 1 aromatic carbocycles. The fraction of sp³-hybridized carbons (Fsp3) is 0.273. The first-order valence-electron chi connectivity index (χ1n) is 5.37. The maximum atomic E-state index is 13.6. The number of amidine groups is 1. The fourth-order valence-corrected chi connectivity index (χ4v) is 1.30. The van der Waals surface area contributed by atoms with E-state index in [4.69, 9.17) is 10.9 Å². The number of hydrogen-bond donors (Lipinski definition) is 3. The molecule has 0 aliphatic carbocycles. The average Bonchev–Trinajstić information content (AvgIpc) is 2.37. The molecular weight excluding hydrogens is 282 g/mol. The second kappa shape index (κ2) is 6.22. The third kappa shape index (κ3) is 4.75. The van der Waals surface area contributed by atoms with Crippen LogP contribution in [0.4, 0.5) is 23.2 Å². The lowest BCUT2D eigenvalue weighted by Gasteiger charge is -2.09. The molecule has 0 spiro atoms. The number of carbonyl (C=O) groups is 1. The molecule has 0 aliphatic rings. The first kappa shape index (κ1) is 15.7. The van der Waals surface area contributed by atoms with E-state index in [2.05, 4.69) is 5.16 Å². The van der Waals surface area contributed by atoms with Crippen LogP contribution in [0.15, 0.2) is 23.4 Å². The smallest absolute Gasteiger partial charge is 0.389 e. The maximum Gasteiger partial charge on any atom is 0.389 e. The number of hydrogen-bond acceptors (Lipinski definition) is 3. The van der Waals surface area contributed by atoms with Crippen LogP contribution in [-0.2, 0) is 4.79 Å². The molecule has 0 radical (unpaired) electrons. The molecule has 0 atom stereocenters. The minimum Gasteiger partial charge on any atom is -0.409 e. The molecule has 0 unspecified atom stereocenters. The van der Waals surface area contributed by atoms with E-state index in [1.165, 1.54) is 6.07 Å². The number of nitrogens with zero attached hydrogens (tertiary/aromatic N) is 1. The Kier molecular flexibility index (Phi) is 4.89. The Balaban J connectivity index is 2.72. The van der Waals surface area contributed by atoms with E-state index in [-0.39, 0.29) is 17.1 Å². The normalized spacial score (nSPS) is 12.3. The lowest BCUT2D eigenvalue weighted by atomic mass is 10.1. The number of benzene rings is 1. The van der Waals surface area contributed by atoms with Crippen LogP contribution >= 0.6 is 0 Å². The number of rotatable bonds is 4. The van der Waals surface area contributed by atoms with Crippen molar-refractivity contribution in [2.45, 2.75) is 19.0 Å². The number of oxime groups is 1. The van der Waals surface area contributed by atoms with E-state index in [0.717, 1.165) is 12.1 Å². The number of alkyl halides is 3. The Morgan fingerprint density at radius 1 is 1.40 bits per heavy atom. The minimum atomic E-state index is -4.45. The average molecular weight is 293 g/mol. The third-order valence-electron chi connectivity index (χ3n) is 2.28. The maximum absolute atomic E-state index is 13.6. The van der Waals surface area contributed by atoms with Crippen molar-refractivity contribution in [3.8, 4) is 0 Å². The SMILES string of the molecule is N/C(=N/O)c1ccc(NC(=O)CCC(F)(F)F)c(F)c1. The van der Waals surface area contributed by atoms with Gasteiger partial charge in [-0.25, -0.2) is 4.39 Å². The summed E-state index contributed by atoms with van der Waals surface area (Å²) in [4.78, 5) is 11.2. The highest BCUT2D eigenvalue weighted by atomic mass is 19.4. The van der Waals surface area contributed by atoms with Crippen molar-refractivity contribution in [2.75, 3.05) is 5.32 Å². The Morgan fingerprint density at radius 2 is 2.05 bits per heavy atom. The molecular formula is C11H11F4N3O2. The van der Waals surface area contributed by atoms with Crippen molar-refractivity contribution in [2.24, 2.45) is 10.9 Å². The molecule has 0 bridgehead atoms. The van der Waals surface area contributed by atoms with Crippen molar-refractivity contribution in [1.82, 2.24) is 0 Å². The minimum absolute atomic E-state index is 0.0679. The van der Waals surface area contributed by atoms with Gasteiger partial charge in [-0.1, -0.05) is 5.16 Å². The summed E-state index contributed by atoms with van der Waals surface area (Å²) >= 11 is 0. The Hall–Kier alpha value is -2.32. The van der Waals surface area contributed by atoms with Crippen molar-refractivity contribution in [3.05, 3.63) is 29.6 Å². The zero-order valence-electron chi connectivity index (χ0n) is 10.0. The standard InChI is InChI=1S/C11H11F4N3O2/c12-7-5-6(10(16)18-20)1-2-8(7)17-9(19)3-4-11(13,14)15/h1-2,5,20H,3-4H2,(H2,16,18)(H,17,19). The van der Waals surface area contributed by atoms with Gasteiger partial charge in [-0.2, -0.15) is 13.2 Å². The number of halogens is 4. The van der Waals surface area contributed by atoms with Crippen molar-refractivity contribution in [1.29, 1.82) is 0 Å². The Bertz CT molecular complexity index is 529. The highest BCUT2D eigenvalue weighted by Gasteiger charge is 2.28. The molecule has 9 heteroatoms. The Labute approximate surface area is 111 Å². The zero-order valence-corrected chi connectivity index (χ0v) is 10.0. The number of nitrogens with two attached hydrogens (primary N) is 1. The van der Waals surface area contributed by atoms with E-state index in [1.807, 2.05) is 5.32 Å². The highest BCUT2D eigenvalue weighted by Crippen LogP contribution is 2.22. The van der Waals surface area contributed by atoms with Gasteiger partial charge in [-0.15, -0.1) is 0 Å². The third-order valence-corrected chi connectivity index (χ3v) is 2.28. The summed E-state index contributed by atoms with van der Waals surface area (Å²) in [6, 6.07) is 3.24. The second-order valence-corrected chi connectivity index (χ2v) is 3.84. The first-order chi connectivity index (χ1) is 9.23. The van der Waals surface area contributed by atoms with E-state index in [1.54, 1.807) is 0 Å². The molecule has 20 heavy (non-hydrogen) atoms. The van der Waals surface area contributed by atoms with Crippen LogP contribution in [0.25, 0.3) is 0 Å². The summed E-state index contributed by atoms with van der Waals surface area (Å²) in [6.45, 7) is 0. The molecule has 1 rings (SSSR count). The van der Waals surface area contributed by atoms with Crippen LogP contribution in [0.3, 0.4) is 0 Å². The van der Waals surface area contributed by atoms with Gasteiger partial charge in [0.25, 0.3) is 0 Å². The number of carbonyl (C=O) groups excluding carboxylic acids is 1. The van der Waals surface area contributed by atoms with Crippen LogP contribution in [0, 0.1) is 5.82 Å². The van der Waals surface area contributed by atoms with E-state index in [0.29, 0.717) is 0 Å². The van der Waals surface area contributed by atoms with Gasteiger partial charge in [-0.3, -0.25) is 4.79 Å². The van der Waals surface area contributed by atoms with Gasteiger partial charge in [0, 0.05) is 12.0 Å². The summed E-state index contributed by atoms with van der Waals surface area (Å²) in [5.74, 6) is -2.20. The topological polar surface area (TPSA) is 87.7 Å². The van der Waals surface area contributed by atoms with Crippen molar-refractivity contribution >= 4 is 17.4 Å². The fourth-order valence-electron chi connectivity index (χ4n) is 1.30. The van der Waals surface area contributed by atoms with Crippen LogP contribution in [0.2, 0.25) is 0 Å². The molecule has 1 amide bonds. The summed E-state index contributed by atoms with van der Waals surface area (Å²) in [5, 5.41) is 13.1. The zero-order chi connectivity index (χ0) is 15.3. The van der Waals surface area contributed by atoms with Crippen molar-refractivity contribution in [3.63, 3.8) is 0 Å². The molecule has 0 fully saturated rings. The molecule has 1 aromatic rings. The summed E-state index contributed by atoms with van der Waals surface area (Å²) in [5.41, 5.74) is 5.01. The first-order valence-corrected chi connectivity index (χ1v) is 5.37. The van der Waals surface area contributed by atoms with Gasteiger partial charge in [0.1, 0.15) is 5.82 Å². The van der Waals surface area contributed by atoms with Gasteiger partial charge in [0.15, 0.2) is 5.84 Å². The predicted octanol–water partition coefficient (Wildman–Crippen LogP) is 2.20. The van der Waals surface area contributed by atoms with Gasteiger partial charge < -0.3 is 16.3 Å². The summed E-state index contributed by atoms with van der Waals surface area (Å²) in [7, 11) is 0. The lowest BCUT2D eigenvalue weighted by Crippen LogP contribution is -2.18. The molecule has 0 aliphatic heterocycles. The molecule has 0 saturated heterocycles. The van der Waals surface area contributed by atoms with Gasteiger partial charge >= 0.3 is 6.18 Å². The van der Waals surface area contributed by atoms with E-state index >= 15 is 0 Å². The van der Waals surface area contributed by atoms with E-state index < -0.39 is 30.7 Å². The Morgan fingerprint density at radius 3 is 2.55 bits per heavy atom. The van der Waals surface area contributed by atoms with Gasteiger partial charge in [0.05, 0.1) is 12.1 Å². The number of anilines is 1. The number of nitrogens with one attached hydrogen (secondary N) is 1.